The molecule has 6 nitrogen and oxygen atoms in total. The van der Waals surface area contributed by atoms with Crippen molar-refractivity contribution in [3.05, 3.63) is 58.6 Å². The first-order chi connectivity index (χ1) is 13.7. The smallest absolute Gasteiger partial charge is 0.234 e. The van der Waals surface area contributed by atoms with Crippen LogP contribution in [0.15, 0.2) is 47.6 Å². The number of nitrogens with one attached hydrogen (secondary N) is 1. The molecule has 0 aliphatic carbocycles. The van der Waals surface area contributed by atoms with E-state index in [0.29, 0.717) is 21.7 Å². The fourth-order valence-corrected chi connectivity index (χ4v) is 3.58. The number of hydrogen-bond acceptors (Lipinski definition) is 5. The predicted molar refractivity (Wildman–Crippen MR) is 120 cm³/mol. The van der Waals surface area contributed by atoms with Gasteiger partial charge in [-0.05, 0) is 35.6 Å². The number of amides is 1. The minimum atomic E-state index is -0.167. The molecule has 0 radical (unpaired) electrons. The number of rotatable bonds is 5. The highest BCUT2D eigenvalue weighted by atomic mass is 35.5. The minimum absolute atomic E-state index is 0.0740. The zero-order chi connectivity index (χ0) is 21.2. The van der Waals surface area contributed by atoms with Crippen LogP contribution in [0.3, 0.4) is 0 Å². The van der Waals surface area contributed by atoms with Gasteiger partial charge in [0.25, 0.3) is 0 Å². The highest BCUT2D eigenvalue weighted by Gasteiger charge is 2.17. The van der Waals surface area contributed by atoms with Gasteiger partial charge in [-0.1, -0.05) is 74.5 Å². The van der Waals surface area contributed by atoms with Crippen LogP contribution in [0.5, 0.6) is 0 Å². The topological polar surface area (TPSA) is 85.8 Å². The molecule has 1 amide bonds. The number of anilines is 1. The first-order valence-corrected chi connectivity index (χ1v) is 10.5. The Kier molecular flexibility index (Phi) is 6.19. The van der Waals surface area contributed by atoms with E-state index < -0.39 is 0 Å². The van der Waals surface area contributed by atoms with Gasteiger partial charge in [0.05, 0.1) is 5.75 Å². The van der Waals surface area contributed by atoms with Crippen LogP contribution in [-0.2, 0) is 10.2 Å². The van der Waals surface area contributed by atoms with Gasteiger partial charge in [-0.25, -0.2) is 4.68 Å². The lowest BCUT2D eigenvalue weighted by Crippen LogP contribution is -2.17. The number of nitrogens with two attached hydrogens (primary N) is 1. The van der Waals surface area contributed by atoms with E-state index >= 15 is 0 Å². The molecule has 3 N–H and O–H groups in total. The zero-order valence-electron chi connectivity index (χ0n) is 16.9. The number of benzene rings is 2. The van der Waals surface area contributed by atoms with E-state index in [1.54, 1.807) is 12.1 Å². The van der Waals surface area contributed by atoms with E-state index in [1.807, 2.05) is 25.1 Å². The zero-order valence-corrected chi connectivity index (χ0v) is 18.4. The molecule has 8 heteroatoms. The van der Waals surface area contributed by atoms with Gasteiger partial charge in [-0.15, -0.1) is 10.2 Å². The summed E-state index contributed by atoms with van der Waals surface area (Å²) in [5, 5.41) is 12.2. The van der Waals surface area contributed by atoms with Gasteiger partial charge in [0.1, 0.15) is 0 Å². The van der Waals surface area contributed by atoms with Crippen LogP contribution in [0.25, 0.3) is 11.4 Å². The maximum atomic E-state index is 12.3. The van der Waals surface area contributed by atoms with Gasteiger partial charge in [-0.2, -0.15) is 0 Å². The van der Waals surface area contributed by atoms with Gasteiger partial charge in [-0.3, -0.25) is 4.79 Å². The average molecular weight is 430 g/mol. The number of aromatic nitrogens is 3. The van der Waals surface area contributed by atoms with Crippen molar-refractivity contribution in [1.29, 1.82) is 0 Å². The van der Waals surface area contributed by atoms with Crippen LogP contribution in [0.1, 0.15) is 31.9 Å². The van der Waals surface area contributed by atoms with E-state index in [9.17, 15) is 4.79 Å². The van der Waals surface area contributed by atoms with Gasteiger partial charge in [0, 0.05) is 16.3 Å². The summed E-state index contributed by atoms with van der Waals surface area (Å²) in [6.45, 7) is 8.35. The normalized spacial score (nSPS) is 11.5. The lowest BCUT2D eigenvalue weighted by molar-refractivity contribution is -0.113. The lowest BCUT2D eigenvalue weighted by Gasteiger charge is -2.19. The molecule has 3 aromatic rings. The number of carbonyl (C=O) groups is 1. The summed E-state index contributed by atoms with van der Waals surface area (Å²) in [4.78, 5) is 12.3. The number of nitrogen functional groups attached to an aromatic ring is 1. The Morgan fingerprint density at radius 3 is 2.52 bits per heavy atom. The molecular formula is C21H24ClN5OS. The van der Waals surface area contributed by atoms with E-state index in [1.165, 1.54) is 22.0 Å². The molecule has 29 heavy (non-hydrogen) atoms. The first-order valence-electron chi connectivity index (χ1n) is 9.16. The molecular weight excluding hydrogens is 406 g/mol. The molecule has 0 unspecified atom stereocenters. The molecule has 0 aliphatic heterocycles. The van der Waals surface area contributed by atoms with Gasteiger partial charge < -0.3 is 11.2 Å². The van der Waals surface area contributed by atoms with Crippen LogP contribution in [0, 0.1) is 6.92 Å². The number of halogens is 1. The average Bonchev–Trinajstić information content (AvgIpc) is 3.04. The molecule has 1 aromatic heterocycles. The summed E-state index contributed by atoms with van der Waals surface area (Å²) in [6.07, 6.45) is 0. The van der Waals surface area contributed by atoms with E-state index in [0.717, 1.165) is 11.1 Å². The molecule has 0 aliphatic rings. The van der Waals surface area contributed by atoms with Crippen molar-refractivity contribution in [3.63, 3.8) is 0 Å². The molecule has 0 saturated carbocycles. The SMILES string of the molecule is Cc1c(Cl)cccc1NC(=O)CSc1nnc(-c2ccc(C(C)(C)C)cc2)n1N. The predicted octanol–water partition coefficient (Wildman–Crippen LogP) is 4.65. The van der Waals surface area contributed by atoms with Crippen molar-refractivity contribution in [2.75, 3.05) is 16.9 Å². The molecule has 0 fully saturated rings. The van der Waals surface area contributed by atoms with E-state index in [2.05, 4.69) is 48.4 Å². The molecule has 0 spiro atoms. The molecule has 152 valence electrons. The van der Waals surface area contributed by atoms with Crippen molar-refractivity contribution in [1.82, 2.24) is 14.9 Å². The largest absolute Gasteiger partial charge is 0.335 e. The van der Waals surface area contributed by atoms with E-state index in [-0.39, 0.29) is 17.1 Å². The highest BCUT2D eigenvalue weighted by Crippen LogP contribution is 2.27. The summed E-state index contributed by atoms with van der Waals surface area (Å²) in [6, 6.07) is 13.5. The standard InChI is InChI=1S/C21H24ClN5OS/c1-13-16(22)6-5-7-17(13)24-18(28)12-29-20-26-25-19(27(20)23)14-8-10-15(11-9-14)21(2,3)4/h5-11H,12,23H2,1-4H3,(H,24,28). The molecule has 0 atom stereocenters. The lowest BCUT2D eigenvalue weighted by atomic mass is 9.87. The van der Waals surface area contributed by atoms with Crippen LogP contribution < -0.4 is 11.2 Å². The Bertz CT molecular complexity index is 1020. The Morgan fingerprint density at radius 2 is 1.86 bits per heavy atom. The van der Waals surface area contributed by atoms with Crippen molar-refractivity contribution >= 4 is 35.0 Å². The molecule has 1 heterocycles. The highest BCUT2D eigenvalue weighted by molar-refractivity contribution is 7.99. The third-order valence-electron chi connectivity index (χ3n) is 4.55. The van der Waals surface area contributed by atoms with Gasteiger partial charge in [0.15, 0.2) is 5.82 Å². The molecule has 0 saturated heterocycles. The van der Waals surface area contributed by atoms with Crippen LogP contribution in [0.4, 0.5) is 5.69 Å². The fraction of sp³-hybridized carbons (Fsp3) is 0.286. The second-order valence-electron chi connectivity index (χ2n) is 7.75. The summed E-state index contributed by atoms with van der Waals surface area (Å²) in [5.74, 6) is 6.71. The Labute approximate surface area is 179 Å². The van der Waals surface area contributed by atoms with Crippen LogP contribution >= 0.6 is 23.4 Å². The summed E-state index contributed by atoms with van der Waals surface area (Å²) < 4.78 is 1.41. The van der Waals surface area contributed by atoms with Crippen molar-refractivity contribution < 1.29 is 4.79 Å². The van der Waals surface area contributed by atoms with Crippen molar-refractivity contribution in [2.45, 2.75) is 38.3 Å². The van der Waals surface area contributed by atoms with Crippen LogP contribution in [0.2, 0.25) is 5.02 Å². The summed E-state index contributed by atoms with van der Waals surface area (Å²) >= 11 is 7.32. The molecule has 2 aromatic carbocycles. The Balaban J connectivity index is 1.67. The second-order valence-corrected chi connectivity index (χ2v) is 9.10. The molecule has 0 bridgehead atoms. The summed E-state index contributed by atoms with van der Waals surface area (Å²) in [5.41, 5.74) is 3.70. The van der Waals surface area contributed by atoms with Crippen LogP contribution in [-0.4, -0.2) is 26.5 Å². The number of thioether (sulfide) groups is 1. The van der Waals surface area contributed by atoms with Gasteiger partial charge >= 0.3 is 0 Å². The Morgan fingerprint density at radius 1 is 1.17 bits per heavy atom. The third kappa shape index (κ3) is 4.92. The number of carbonyl (C=O) groups excluding carboxylic acids is 1. The molecule has 3 rings (SSSR count). The monoisotopic (exact) mass is 429 g/mol. The Hall–Kier alpha value is -2.51. The van der Waals surface area contributed by atoms with Gasteiger partial charge in [0.2, 0.25) is 11.1 Å². The maximum absolute atomic E-state index is 12.3. The van der Waals surface area contributed by atoms with Crippen molar-refractivity contribution in [3.8, 4) is 11.4 Å². The fourth-order valence-electron chi connectivity index (χ4n) is 2.75. The second kappa shape index (κ2) is 8.47. The maximum Gasteiger partial charge on any atom is 0.234 e. The number of nitrogens with zero attached hydrogens (tertiary/aromatic N) is 3. The van der Waals surface area contributed by atoms with Crippen molar-refractivity contribution in [2.24, 2.45) is 0 Å². The minimum Gasteiger partial charge on any atom is -0.335 e. The quantitative estimate of drug-likeness (QED) is 0.455. The number of hydrogen-bond donors (Lipinski definition) is 2. The summed E-state index contributed by atoms with van der Waals surface area (Å²) in [7, 11) is 0. The third-order valence-corrected chi connectivity index (χ3v) is 5.90. The van der Waals surface area contributed by atoms with E-state index in [4.69, 9.17) is 17.4 Å². The first kappa shape index (κ1) is 21.2.